The molecule has 126 valence electrons. The molecule has 1 aliphatic rings. The smallest absolute Gasteiger partial charge is 0.260 e. The maximum absolute atomic E-state index is 13.5. The van der Waals surface area contributed by atoms with Crippen LogP contribution in [-0.2, 0) is 0 Å². The standard InChI is InChI=1S/C19H19N5O/c1-23-10-7-12(8-11-23)24-18-16-15(6-9-20-18)21-22-17(16)13-4-2-3-5-14(13)19(24)25/h2-6,9,12,20H,7-8,10-11H2,1H3. The monoisotopic (exact) mass is 333 g/mol. The predicted molar refractivity (Wildman–Crippen MR) is 98.9 cm³/mol. The van der Waals surface area contributed by atoms with Crippen LogP contribution in [0.1, 0.15) is 18.9 Å². The highest BCUT2D eigenvalue weighted by molar-refractivity contribution is 6.14. The molecule has 0 radical (unpaired) electrons. The lowest BCUT2D eigenvalue weighted by molar-refractivity contribution is 0.222. The summed E-state index contributed by atoms with van der Waals surface area (Å²) in [5.41, 5.74) is 2.49. The Balaban J connectivity index is 1.97. The Kier molecular flexibility index (Phi) is 3.15. The van der Waals surface area contributed by atoms with Gasteiger partial charge in [0, 0.05) is 23.0 Å². The van der Waals surface area contributed by atoms with Crippen LogP contribution in [0.4, 0.5) is 0 Å². The average Bonchev–Trinajstić information content (AvgIpc) is 3.04. The van der Waals surface area contributed by atoms with Gasteiger partial charge >= 0.3 is 0 Å². The van der Waals surface area contributed by atoms with Crippen molar-refractivity contribution in [2.45, 2.75) is 18.9 Å². The second-order valence-corrected chi connectivity index (χ2v) is 6.89. The van der Waals surface area contributed by atoms with Gasteiger partial charge in [0.25, 0.3) is 5.56 Å². The molecule has 4 aromatic rings. The van der Waals surface area contributed by atoms with Crippen LogP contribution in [0.25, 0.3) is 32.8 Å². The zero-order valence-corrected chi connectivity index (χ0v) is 14.1. The first-order valence-electron chi connectivity index (χ1n) is 8.69. The summed E-state index contributed by atoms with van der Waals surface area (Å²) in [7, 11) is 2.13. The van der Waals surface area contributed by atoms with Crippen molar-refractivity contribution in [2.75, 3.05) is 20.1 Å². The minimum absolute atomic E-state index is 0.0481. The zero-order chi connectivity index (χ0) is 17.0. The van der Waals surface area contributed by atoms with Crippen LogP contribution in [0.15, 0.2) is 41.3 Å². The summed E-state index contributed by atoms with van der Waals surface area (Å²) in [6, 6.07) is 9.82. The number of nitrogens with zero attached hydrogens (tertiary/aromatic N) is 4. The summed E-state index contributed by atoms with van der Waals surface area (Å²) < 4.78 is 1.95. The highest BCUT2D eigenvalue weighted by atomic mass is 16.1. The zero-order valence-electron chi connectivity index (χ0n) is 14.1. The number of fused-ring (bicyclic) bond motifs is 2. The van der Waals surface area contributed by atoms with Crippen LogP contribution in [0.5, 0.6) is 0 Å². The Morgan fingerprint density at radius 1 is 1.08 bits per heavy atom. The molecule has 1 N–H and O–H groups in total. The van der Waals surface area contributed by atoms with Gasteiger partial charge in [-0.1, -0.05) is 18.2 Å². The van der Waals surface area contributed by atoms with Crippen LogP contribution in [-0.4, -0.2) is 44.8 Å². The highest BCUT2D eigenvalue weighted by Crippen LogP contribution is 2.30. The number of H-pyrrole nitrogens is 1. The summed E-state index contributed by atoms with van der Waals surface area (Å²) in [6.45, 7) is 1.99. The van der Waals surface area contributed by atoms with Crippen molar-refractivity contribution in [2.24, 2.45) is 0 Å². The Morgan fingerprint density at radius 3 is 2.64 bits per heavy atom. The lowest BCUT2D eigenvalue weighted by Crippen LogP contribution is -2.35. The second-order valence-electron chi connectivity index (χ2n) is 6.89. The van der Waals surface area contributed by atoms with E-state index in [1.807, 2.05) is 41.1 Å². The van der Waals surface area contributed by atoms with E-state index in [-0.39, 0.29) is 11.6 Å². The lowest BCUT2D eigenvalue weighted by atomic mass is 10.1. The van der Waals surface area contributed by atoms with E-state index >= 15 is 0 Å². The summed E-state index contributed by atoms with van der Waals surface area (Å²) >= 11 is 0. The van der Waals surface area contributed by atoms with Gasteiger partial charge < -0.3 is 9.88 Å². The first-order chi connectivity index (χ1) is 12.2. The van der Waals surface area contributed by atoms with Gasteiger partial charge in [0.2, 0.25) is 0 Å². The maximum Gasteiger partial charge on any atom is 0.260 e. The van der Waals surface area contributed by atoms with Gasteiger partial charge in [-0.15, -0.1) is 10.2 Å². The molecular formula is C19H19N5O. The predicted octanol–water partition coefficient (Wildman–Crippen LogP) is 2.69. The van der Waals surface area contributed by atoms with E-state index in [0.717, 1.165) is 53.4 Å². The first-order valence-corrected chi connectivity index (χ1v) is 8.69. The van der Waals surface area contributed by atoms with E-state index < -0.39 is 0 Å². The number of nitrogens with one attached hydrogen (secondary N) is 1. The van der Waals surface area contributed by atoms with Crippen molar-refractivity contribution >= 4 is 32.8 Å². The van der Waals surface area contributed by atoms with Gasteiger partial charge in [0.1, 0.15) is 16.7 Å². The van der Waals surface area contributed by atoms with Crippen LogP contribution in [0, 0.1) is 0 Å². The molecule has 1 aliphatic heterocycles. The minimum Gasteiger partial charge on any atom is -0.347 e. The quantitative estimate of drug-likeness (QED) is 0.581. The molecule has 0 spiro atoms. The maximum atomic E-state index is 13.5. The first kappa shape index (κ1) is 14.6. The third kappa shape index (κ3) is 2.10. The molecule has 5 rings (SSSR count). The Morgan fingerprint density at radius 2 is 1.84 bits per heavy atom. The topological polar surface area (TPSA) is 66.8 Å². The fourth-order valence-electron chi connectivity index (χ4n) is 4.03. The lowest BCUT2D eigenvalue weighted by Gasteiger charge is -2.30. The normalized spacial score (nSPS) is 17.0. The molecule has 0 unspecified atom stereocenters. The second kappa shape index (κ2) is 5.39. The number of rotatable bonds is 1. The minimum atomic E-state index is 0.0481. The van der Waals surface area contributed by atoms with E-state index in [2.05, 4.69) is 27.1 Å². The van der Waals surface area contributed by atoms with Gasteiger partial charge in [0.15, 0.2) is 0 Å². The molecule has 0 bridgehead atoms. The SMILES string of the molecule is CN1CCC(n2c(=O)c3ccccc3c3nnc4cc[nH]c2c43)CC1. The van der Waals surface area contributed by atoms with Crippen molar-refractivity contribution in [3.05, 3.63) is 46.9 Å². The highest BCUT2D eigenvalue weighted by Gasteiger charge is 2.23. The van der Waals surface area contributed by atoms with Gasteiger partial charge in [-0.25, -0.2) is 0 Å². The van der Waals surface area contributed by atoms with Crippen LogP contribution >= 0.6 is 0 Å². The fraction of sp³-hybridized carbons (Fsp3) is 0.316. The Labute approximate surface area is 144 Å². The number of likely N-dealkylation sites (tertiary alicyclic amines) is 1. The Hall–Kier alpha value is -2.73. The molecule has 1 aromatic carbocycles. The molecule has 0 amide bonds. The number of piperidine rings is 1. The van der Waals surface area contributed by atoms with Crippen LogP contribution in [0.3, 0.4) is 0 Å². The van der Waals surface area contributed by atoms with Crippen LogP contribution in [0.2, 0.25) is 0 Å². The van der Waals surface area contributed by atoms with Crippen molar-refractivity contribution in [1.82, 2.24) is 24.6 Å². The molecule has 4 heterocycles. The third-order valence-corrected chi connectivity index (χ3v) is 5.37. The summed E-state index contributed by atoms with van der Waals surface area (Å²) in [6.07, 6.45) is 3.78. The molecule has 1 saturated heterocycles. The van der Waals surface area contributed by atoms with E-state index in [9.17, 15) is 4.79 Å². The van der Waals surface area contributed by atoms with Crippen molar-refractivity contribution in [3.63, 3.8) is 0 Å². The molecular weight excluding hydrogens is 314 g/mol. The molecule has 1 fully saturated rings. The summed E-state index contributed by atoms with van der Waals surface area (Å²) in [5, 5.41) is 11.2. The number of pyridine rings is 1. The van der Waals surface area contributed by atoms with E-state index in [1.54, 1.807) is 0 Å². The number of hydrogen-bond acceptors (Lipinski definition) is 4. The summed E-state index contributed by atoms with van der Waals surface area (Å²) in [4.78, 5) is 19.1. The largest absolute Gasteiger partial charge is 0.347 e. The molecule has 6 heteroatoms. The van der Waals surface area contributed by atoms with E-state index in [4.69, 9.17) is 0 Å². The third-order valence-electron chi connectivity index (χ3n) is 5.37. The van der Waals surface area contributed by atoms with Gasteiger partial charge in [-0.3, -0.25) is 9.36 Å². The number of aromatic nitrogens is 4. The van der Waals surface area contributed by atoms with Crippen molar-refractivity contribution in [1.29, 1.82) is 0 Å². The number of hydrogen-bond donors (Lipinski definition) is 1. The van der Waals surface area contributed by atoms with Crippen molar-refractivity contribution in [3.8, 4) is 0 Å². The molecule has 6 nitrogen and oxygen atoms in total. The molecule has 3 aromatic heterocycles. The average molecular weight is 333 g/mol. The van der Waals surface area contributed by atoms with Crippen molar-refractivity contribution < 1.29 is 0 Å². The summed E-state index contributed by atoms with van der Waals surface area (Å²) in [5.74, 6) is 0. The van der Waals surface area contributed by atoms with E-state index in [0.29, 0.717) is 5.39 Å². The molecule has 0 aliphatic carbocycles. The van der Waals surface area contributed by atoms with Gasteiger partial charge in [0.05, 0.1) is 5.39 Å². The van der Waals surface area contributed by atoms with Gasteiger partial charge in [-0.2, -0.15) is 0 Å². The van der Waals surface area contributed by atoms with E-state index in [1.165, 1.54) is 0 Å². The van der Waals surface area contributed by atoms with Crippen LogP contribution < -0.4 is 5.56 Å². The number of benzene rings is 1. The molecule has 0 saturated carbocycles. The van der Waals surface area contributed by atoms with Gasteiger partial charge in [-0.05, 0) is 45.1 Å². The Bertz CT molecular complexity index is 1150. The molecule has 25 heavy (non-hydrogen) atoms. The number of aromatic amines is 1. The molecule has 0 atom stereocenters. The fourth-order valence-corrected chi connectivity index (χ4v) is 4.03.